The van der Waals surface area contributed by atoms with Crippen molar-refractivity contribution in [1.29, 1.82) is 0 Å². The topological polar surface area (TPSA) is 93.7 Å². The van der Waals surface area contributed by atoms with Crippen LogP contribution >= 0.6 is 0 Å². The normalized spacial score (nSPS) is 17.2. The van der Waals surface area contributed by atoms with Crippen LogP contribution in [0.3, 0.4) is 0 Å². The van der Waals surface area contributed by atoms with Crippen molar-refractivity contribution in [2.45, 2.75) is 69.6 Å². The van der Waals surface area contributed by atoms with Gasteiger partial charge in [0.2, 0.25) is 10.0 Å². The van der Waals surface area contributed by atoms with Crippen molar-refractivity contribution in [3.05, 3.63) is 47.5 Å². The summed E-state index contributed by atoms with van der Waals surface area (Å²) in [5.74, 6) is 0.342. The second kappa shape index (κ2) is 8.16. The molecule has 0 saturated heterocycles. The maximum Gasteiger partial charge on any atom is 0.255 e. The third-order valence-electron chi connectivity index (χ3n) is 5.56. The maximum absolute atomic E-state index is 12.9. The minimum atomic E-state index is -3.70. The van der Waals surface area contributed by atoms with Crippen molar-refractivity contribution in [3.8, 4) is 11.5 Å². The van der Waals surface area contributed by atoms with Crippen LogP contribution in [0.25, 0.3) is 0 Å². The molecule has 0 radical (unpaired) electrons. The van der Waals surface area contributed by atoms with E-state index < -0.39 is 15.8 Å². The van der Waals surface area contributed by atoms with Crippen molar-refractivity contribution in [3.63, 3.8) is 0 Å². The van der Waals surface area contributed by atoms with Gasteiger partial charge in [-0.05, 0) is 63.4 Å². The molecule has 4 rings (SSSR count). The Morgan fingerprint density at radius 3 is 2.42 bits per heavy atom. The Morgan fingerprint density at radius 2 is 1.71 bits per heavy atom. The molecule has 8 heteroatoms. The van der Waals surface area contributed by atoms with E-state index >= 15 is 0 Å². The van der Waals surface area contributed by atoms with E-state index in [0.717, 1.165) is 25.7 Å². The Balaban J connectivity index is 1.53. The molecule has 1 aliphatic carbocycles. The smallest absolute Gasteiger partial charge is 0.255 e. The Hall–Kier alpha value is -2.58. The van der Waals surface area contributed by atoms with Crippen molar-refractivity contribution >= 4 is 21.6 Å². The van der Waals surface area contributed by atoms with Crippen LogP contribution in [0.15, 0.2) is 41.3 Å². The van der Waals surface area contributed by atoms with Crippen LogP contribution < -0.4 is 19.5 Å². The highest BCUT2D eigenvalue weighted by atomic mass is 32.2. The van der Waals surface area contributed by atoms with Crippen LogP contribution in [0.4, 0.5) is 5.69 Å². The van der Waals surface area contributed by atoms with Gasteiger partial charge in [0.25, 0.3) is 11.7 Å². The molecule has 1 amide bonds. The average Bonchev–Trinajstić information content (AvgIpc) is 3.04. The number of hydrogen-bond donors (Lipinski definition) is 2. The van der Waals surface area contributed by atoms with E-state index in [2.05, 4.69) is 10.0 Å². The first kappa shape index (κ1) is 21.6. The molecule has 2 aliphatic rings. The van der Waals surface area contributed by atoms with Gasteiger partial charge in [0.1, 0.15) is 0 Å². The molecule has 1 heterocycles. The van der Waals surface area contributed by atoms with Crippen molar-refractivity contribution < 1.29 is 22.7 Å². The number of benzene rings is 2. The Morgan fingerprint density at radius 1 is 1.00 bits per heavy atom. The van der Waals surface area contributed by atoms with E-state index in [4.69, 9.17) is 9.47 Å². The lowest BCUT2D eigenvalue weighted by Crippen LogP contribution is -2.40. The fourth-order valence-corrected chi connectivity index (χ4v) is 5.33. The molecular weight excluding hydrogens is 416 g/mol. The van der Waals surface area contributed by atoms with E-state index in [1.165, 1.54) is 18.6 Å². The SMILES string of the molecule is Cc1ccc(S(=O)(=O)NC(C)C)cc1C(=O)Nc1ccc2c(c1)OC1(CCCCC1)O2. The third-order valence-corrected chi connectivity index (χ3v) is 7.22. The van der Waals surface area contributed by atoms with E-state index in [1.54, 1.807) is 45.0 Å². The molecule has 1 aliphatic heterocycles. The molecule has 1 spiro atoms. The average molecular weight is 445 g/mol. The Kier molecular flexibility index (Phi) is 5.70. The van der Waals surface area contributed by atoms with Gasteiger partial charge in [-0.1, -0.05) is 12.5 Å². The summed E-state index contributed by atoms with van der Waals surface area (Å²) in [5.41, 5.74) is 1.55. The van der Waals surface area contributed by atoms with Gasteiger partial charge >= 0.3 is 0 Å². The number of hydrogen-bond acceptors (Lipinski definition) is 5. The van der Waals surface area contributed by atoms with Crippen LogP contribution in [0.5, 0.6) is 11.5 Å². The summed E-state index contributed by atoms with van der Waals surface area (Å²) in [5, 5.41) is 2.85. The van der Waals surface area contributed by atoms with Crippen molar-refractivity contribution in [1.82, 2.24) is 4.72 Å². The molecule has 1 saturated carbocycles. The highest BCUT2D eigenvalue weighted by molar-refractivity contribution is 7.89. The zero-order chi connectivity index (χ0) is 22.2. The molecule has 166 valence electrons. The molecule has 2 aromatic rings. The van der Waals surface area contributed by atoms with Crippen LogP contribution in [0, 0.1) is 6.92 Å². The van der Waals surface area contributed by atoms with Gasteiger partial charge in [-0.15, -0.1) is 0 Å². The molecule has 1 fully saturated rings. The van der Waals surface area contributed by atoms with Crippen LogP contribution in [-0.4, -0.2) is 26.2 Å². The first-order chi connectivity index (χ1) is 14.7. The lowest BCUT2D eigenvalue weighted by atomic mass is 9.94. The Bertz CT molecular complexity index is 1100. The van der Waals surface area contributed by atoms with Gasteiger partial charge in [-0.2, -0.15) is 0 Å². The lowest BCUT2D eigenvalue weighted by Gasteiger charge is -2.31. The summed E-state index contributed by atoms with van der Waals surface area (Å²) < 4.78 is 39.7. The van der Waals surface area contributed by atoms with Crippen LogP contribution in [-0.2, 0) is 10.0 Å². The molecule has 0 aromatic heterocycles. The minimum Gasteiger partial charge on any atom is -0.448 e. The van der Waals surface area contributed by atoms with E-state index in [1.807, 2.05) is 0 Å². The number of nitrogens with one attached hydrogen (secondary N) is 2. The van der Waals surface area contributed by atoms with E-state index in [0.29, 0.717) is 28.3 Å². The second-order valence-corrected chi connectivity index (χ2v) is 10.3. The van der Waals surface area contributed by atoms with Gasteiger partial charge in [0.15, 0.2) is 11.5 Å². The van der Waals surface area contributed by atoms with Crippen LogP contribution in [0.2, 0.25) is 0 Å². The fourth-order valence-electron chi connectivity index (χ4n) is 4.06. The van der Waals surface area contributed by atoms with Gasteiger partial charge in [-0.3, -0.25) is 4.79 Å². The molecule has 2 aromatic carbocycles. The summed E-state index contributed by atoms with van der Waals surface area (Å²) in [4.78, 5) is 13.0. The number of aryl methyl sites for hydroxylation is 1. The van der Waals surface area contributed by atoms with E-state index in [-0.39, 0.29) is 16.8 Å². The molecule has 0 unspecified atom stereocenters. The summed E-state index contributed by atoms with van der Waals surface area (Å²) in [7, 11) is -3.70. The van der Waals surface area contributed by atoms with Crippen LogP contribution in [0.1, 0.15) is 61.9 Å². The number of carbonyl (C=O) groups excluding carboxylic acids is 1. The lowest BCUT2D eigenvalue weighted by molar-refractivity contribution is -0.105. The number of fused-ring (bicyclic) bond motifs is 1. The summed E-state index contributed by atoms with van der Waals surface area (Å²) in [6, 6.07) is 9.61. The number of anilines is 1. The van der Waals surface area contributed by atoms with E-state index in [9.17, 15) is 13.2 Å². The monoisotopic (exact) mass is 444 g/mol. The maximum atomic E-state index is 12.9. The third kappa shape index (κ3) is 4.55. The molecule has 7 nitrogen and oxygen atoms in total. The first-order valence-corrected chi connectivity index (χ1v) is 12.1. The first-order valence-electron chi connectivity index (χ1n) is 10.6. The molecule has 0 atom stereocenters. The number of sulfonamides is 1. The fraction of sp³-hybridized carbons (Fsp3) is 0.435. The highest BCUT2D eigenvalue weighted by Gasteiger charge is 2.42. The van der Waals surface area contributed by atoms with Crippen molar-refractivity contribution in [2.24, 2.45) is 0 Å². The molecular formula is C23H28N2O5S. The predicted octanol–water partition coefficient (Wildman–Crippen LogP) is 4.37. The number of ether oxygens (including phenoxy) is 2. The summed E-state index contributed by atoms with van der Waals surface area (Å²) in [6.45, 7) is 5.26. The Labute approximate surface area is 183 Å². The standard InChI is InChI=1S/C23H28N2O5S/c1-15(2)25-31(27,28)18-9-7-16(3)19(14-18)22(26)24-17-8-10-20-21(13-17)30-23(29-20)11-5-4-6-12-23/h7-10,13-15,25H,4-6,11-12H2,1-3H3,(H,24,26). The quantitative estimate of drug-likeness (QED) is 0.714. The van der Waals surface area contributed by atoms with Gasteiger partial charge in [0, 0.05) is 36.2 Å². The summed E-state index contributed by atoms with van der Waals surface area (Å²) >= 11 is 0. The molecule has 2 N–H and O–H groups in total. The van der Waals surface area contributed by atoms with Gasteiger partial charge in [-0.25, -0.2) is 13.1 Å². The zero-order valence-electron chi connectivity index (χ0n) is 18.0. The van der Waals surface area contributed by atoms with Gasteiger partial charge < -0.3 is 14.8 Å². The molecule has 31 heavy (non-hydrogen) atoms. The zero-order valence-corrected chi connectivity index (χ0v) is 18.8. The largest absolute Gasteiger partial charge is 0.448 e. The van der Waals surface area contributed by atoms with Gasteiger partial charge in [0.05, 0.1) is 4.90 Å². The second-order valence-electron chi connectivity index (χ2n) is 8.54. The number of amides is 1. The van der Waals surface area contributed by atoms with Crippen molar-refractivity contribution in [2.75, 3.05) is 5.32 Å². The molecule has 0 bridgehead atoms. The summed E-state index contributed by atoms with van der Waals surface area (Å²) in [6.07, 6.45) is 5.04. The predicted molar refractivity (Wildman–Crippen MR) is 118 cm³/mol. The minimum absolute atomic E-state index is 0.0573. The number of rotatable bonds is 5. The highest BCUT2D eigenvalue weighted by Crippen LogP contribution is 2.46. The number of carbonyl (C=O) groups is 1.